The summed E-state index contributed by atoms with van der Waals surface area (Å²) in [6.07, 6.45) is 7.25. The van der Waals surface area contributed by atoms with Crippen molar-refractivity contribution in [3.63, 3.8) is 0 Å². The molecule has 0 aromatic heterocycles. The van der Waals surface area contributed by atoms with Crippen LogP contribution in [0.25, 0.3) is 0 Å². The summed E-state index contributed by atoms with van der Waals surface area (Å²) in [7, 11) is -4.62. The second kappa shape index (κ2) is 15.8. The van der Waals surface area contributed by atoms with Crippen molar-refractivity contribution in [2.45, 2.75) is 76.9 Å². The first-order valence-electron chi connectivity index (χ1n) is 9.64. The summed E-state index contributed by atoms with van der Waals surface area (Å²) < 4.78 is 20.6. The van der Waals surface area contributed by atoms with E-state index in [1.807, 2.05) is 0 Å². The Balaban J connectivity index is 4.10. The Kier molecular flexibility index (Phi) is 15.3. The van der Waals surface area contributed by atoms with Gasteiger partial charge in [-0.05, 0) is 6.42 Å². The third kappa shape index (κ3) is 15.0. The SMILES string of the molecule is CCCCCCCCCCC(=O)N[C@@H](COP(=O)(O)OC[C@H](O)CO)C(=O)O. The minimum atomic E-state index is -4.62. The van der Waals surface area contributed by atoms with Gasteiger partial charge in [-0.3, -0.25) is 13.8 Å². The molecule has 0 rings (SSSR count). The fourth-order valence-corrected chi connectivity index (χ4v) is 3.07. The Morgan fingerprint density at radius 1 is 1.00 bits per heavy atom. The van der Waals surface area contributed by atoms with Gasteiger partial charge in [0.05, 0.1) is 19.8 Å². The lowest BCUT2D eigenvalue weighted by atomic mass is 10.1. The van der Waals surface area contributed by atoms with Crippen molar-refractivity contribution in [3.8, 4) is 0 Å². The zero-order valence-corrected chi connectivity index (χ0v) is 17.3. The molecule has 0 fully saturated rings. The van der Waals surface area contributed by atoms with E-state index in [0.29, 0.717) is 6.42 Å². The number of hydrogen-bond donors (Lipinski definition) is 5. The van der Waals surface area contributed by atoms with E-state index in [1.165, 1.54) is 25.7 Å². The molecule has 0 aliphatic carbocycles. The van der Waals surface area contributed by atoms with Crippen LogP contribution in [0, 0.1) is 0 Å². The van der Waals surface area contributed by atoms with E-state index in [2.05, 4.69) is 21.3 Å². The van der Waals surface area contributed by atoms with Crippen LogP contribution in [0.15, 0.2) is 0 Å². The molecule has 11 heteroatoms. The Bertz CT molecular complexity index is 489. The topological polar surface area (TPSA) is 163 Å². The van der Waals surface area contributed by atoms with Gasteiger partial charge in [-0.25, -0.2) is 9.36 Å². The maximum Gasteiger partial charge on any atom is 0.472 e. The summed E-state index contributed by atoms with van der Waals surface area (Å²) in [6.45, 7) is 0.0446. The van der Waals surface area contributed by atoms with Gasteiger partial charge >= 0.3 is 13.8 Å². The highest BCUT2D eigenvalue weighted by atomic mass is 31.2. The maximum atomic E-state index is 11.9. The number of carbonyl (C=O) groups is 2. The summed E-state index contributed by atoms with van der Waals surface area (Å²) >= 11 is 0. The smallest absolute Gasteiger partial charge is 0.472 e. The number of amides is 1. The second-order valence-electron chi connectivity index (χ2n) is 6.58. The summed E-state index contributed by atoms with van der Waals surface area (Å²) in [5, 5.41) is 29.0. The number of carboxylic acid groups (broad SMARTS) is 1. The molecular weight excluding hydrogens is 393 g/mol. The molecule has 0 saturated carbocycles. The second-order valence-corrected chi connectivity index (χ2v) is 8.03. The number of unbranched alkanes of at least 4 members (excludes halogenated alkanes) is 7. The first kappa shape index (κ1) is 27.0. The largest absolute Gasteiger partial charge is 0.480 e. The van der Waals surface area contributed by atoms with Crippen LogP contribution >= 0.6 is 7.82 Å². The van der Waals surface area contributed by atoms with Crippen LogP contribution in [0.2, 0.25) is 0 Å². The van der Waals surface area contributed by atoms with Gasteiger partial charge in [-0.1, -0.05) is 51.9 Å². The van der Waals surface area contributed by atoms with E-state index in [1.54, 1.807) is 0 Å². The lowest BCUT2D eigenvalue weighted by Gasteiger charge is -2.18. The first-order valence-corrected chi connectivity index (χ1v) is 11.1. The molecule has 28 heavy (non-hydrogen) atoms. The molecule has 1 unspecified atom stereocenters. The van der Waals surface area contributed by atoms with Gasteiger partial charge in [0.2, 0.25) is 5.91 Å². The molecule has 1 amide bonds. The van der Waals surface area contributed by atoms with Crippen molar-refractivity contribution >= 4 is 19.7 Å². The predicted octanol–water partition coefficient (Wildman–Crippen LogP) is 1.57. The third-order valence-corrected chi connectivity index (χ3v) is 4.89. The summed E-state index contributed by atoms with van der Waals surface area (Å²) in [6, 6.07) is -1.51. The van der Waals surface area contributed by atoms with Gasteiger partial charge in [0.25, 0.3) is 0 Å². The van der Waals surface area contributed by atoms with E-state index in [-0.39, 0.29) is 6.42 Å². The van der Waals surface area contributed by atoms with Gasteiger partial charge in [-0.2, -0.15) is 0 Å². The Hall–Kier alpha value is -1.03. The van der Waals surface area contributed by atoms with E-state index in [4.69, 9.17) is 15.3 Å². The van der Waals surface area contributed by atoms with Crippen molar-refractivity contribution in [1.82, 2.24) is 5.32 Å². The highest BCUT2D eigenvalue weighted by Crippen LogP contribution is 2.43. The lowest BCUT2D eigenvalue weighted by Crippen LogP contribution is -2.43. The summed E-state index contributed by atoms with van der Waals surface area (Å²) in [5.74, 6) is -1.90. The molecule has 0 spiro atoms. The predicted molar refractivity (Wildman–Crippen MR) is 102 cm³/mol. The van der Waals surface area contributed by atoms with Crippen LogP contribution in [0.3, 0.4) is 0 Å². The number of aliphatic hydroxyl groups excluding tert-OH is 2. The van der Waals surface area contributed by atoms with E-state index in [9.17, 15) is 19.0 Å². The van der Waals surface area contributed by atoms with Crippen molar-refractivity contribution in [2.75, 3.05) is 19.8 Å². The van der Waals surface area contributed by atoms with Crippen molar-refractivity contribution in [3.05, 3.63) is 0 Å². The van der Waals surface area contributed by atoms with Crippen molar-refractivity contribution in [2.24, 2.45) is 0 Å². The van der Waals surface area contributed by atoms with Crippen LogP contribution in [-0.4, -0.2) is 64.1 Å². The zero-order chi connectivity index (χ0) is 21.4. The van der Waals surface area contributed by atoms with Gasteiger partial charge < -0.3 is 25.5 Å². The van der Waals surface area contributed by atoms with E-state index < -0.39 is 51.7 Å². The van der Waals surface area contributed by atoms with Crippen LogP contribution in [-0.2, 0) is 23.2 Å². The average molecular weight is 427 g/mol. The number of rotatable bonds is 18. The maximum absolute atomic E-state index is 11.9. The molecule has 5 N–H and O–H groups in total. The molecule has 0 radical (unpaired) electrons. The molecule has 0 bridgehead atoms. The van der Waals surface area contributed by atoms with Gasteiger partial charge in [-0.15, -0.1) is 0 Å². The number of phosphoric acid groups is 1. The molecule has 0 heterocycles. The van der Waals surface area contributed by atoms with Crippen LogP contribution in [0.1, 0.15) is 64.7 Å². The Morgan fingerprint density at radius 3 is 2.07 bits per heavy atom. The Morgan fingerprint density at radius 2 is 1.54 bits per heavy atom. The highest BCUT2D eigenvalue weighted by Gasteiger charge is 2.28. The molecule has 0 aromatic carbocycles. The average Bonchev–Trinajstić information content (AvgIpc) is 2.65. The van der Waals surface area contributed by atoms with Crippen molar-refractivity contribution in [1.29, 1.82) is 0 Å². The zero-order valence-electron chi connectivity index (χ0n) is 16.4. The minimum absolute atomic E-state index is 0.161. The number of phosphoric ester groups is 1. The molecule has 0 aliphatic heterocycles. The first-order chi connectivity index (χ1) is 13.2. The van der Waals surface area contributed by atoms with Crippen LogP contribution in [0.5, 0.6) is 0 Å². The summed E-state index contributed by atoms with van der Waals surface area (Å²) in [4.78, 5) is 32.5. The molecule has 0 saturated heterocycles. The number of aliphatic carboxylic acids is 1. The molecular formula is C17H34NO9P. The van der Waals surface area contributed by atoms with Gasteiger partial charge in [0.15, 0.2) is 6.04 Å². The molecule has 0 aromatic rings. The Labute approximate surface area is 165 Å². The fourth-order valence-electron chi connectivity index (χ4n) is 2.30. The lowest BCUT2D eigenvalue weighted by molar-refractivity contribution is -0.142. The minimum Gasteiger partial charge on any atom is -0.480 e. The molecule has 166 valence electrons. The number of carbonyl (C=O) groups excluding carboxylic acids is 1. The van der Waals surface area contributed by atoms with Crippen LogP contribution in [0.4, 0.5) is 0 Å². The summed E-state index contributed by atoms with van der Waals surface area (Å²) in [5.41, 5.74) is 0. The van der Waals surface area contributed by atoms with Gasteiger partial charge in [0, 0.05) is 6.42 Å². The normalized spacial score (nSPS) is 15.6. The van der Waals surface area contributed by atoms with E-state index in [0.717, 1.165) is 19.3 Å². The van der Waals surface area contributed by atoms with Crippen molar-refractivity contribution < 1.29 is 43.4 Å². The van der Waals surface area contributed by atoms with Crippen LogP contribution < -0.4 is 5.32 Å². The van der Waals surface area contributed by atoms with E-state index >= 15 is 0 Å². The quantitative estimate of drug-likeness (QED) is 0.161. The number of nitrogens with one attached hydrogen (secondary N) is 1. The molecule has 0 aliphatic rings. The molecule has 10 nitrogen and oxygen atoms in total. The fraction of sp³-hybridized carbons (Fsp3) is 0.882. The highest BCUT2D eigenvalue weighted by molar-refractivity contribution is 7.47. The molecule has 3 atom stereocenters. The number of hydrogen-bond acceptors (Lipinski definition) is 7. The van der Waals surface area contributed by atoms with Gasteiger partial charge in [0.1, 0.15) is 6.10 Å². The monoisotopic (exact) mass is 427 g/mol. The number of carboxylic acids is 1. The number of aliphatic hydroxyl groups is 2. The third-order valence-electron chi connectivity index (χ3n) is 3.94. The standard InChI is InChI=1S/C17H34NO9P/c1-2-3-4-5-6-7-8-9-10-16(21)18-15(17(22)23)13-27-28(24,25)26-12-14(20)11-19/h14-15,19-20H,2-13H2,1H3,(H,18,21)(H,22,23)(H,24,25)/t14-,15+/m1/s1.